The molecule has 2 heterocycles. The zero-order valence-corrected chi connectivity index (χ0v) is 11.7. The van der Waals surface area contributed by atoms with Crippen molar-refractivity contribution in [2.75, 3.05) is 11.1 Å². The summed E-state index contributed by atoms with van der Waals surface area (Å²) < 4.78 is 4.43. The standard InChI is InChI=1S/C11H15N5O2S/c1-11(2,3)7-5-19-10(13-7)14-8(17)4-6-9(12)16-18-15-6/h5H,4H2,1-3H3,(H2,12,16)(H,13,14,17). The number of nitrogens with one attached hydrogen (secondary N) is 1. The Bertz CT molecular complexity index is 584. The van der Waals surface area contributed by atoms with Crippen molar-refractivity contribution in [1.29, 1.82) is 0 Å². The summed E-state index contributed by atoms with van der Waals surface area (Å²) in [6.45, 7) is 6.19. The monoisotopic (exact) mass is 281 g/mol. The van der Waals surface area contributed by atoms with Gasteiger partial charge in [0.05, 0.1) is 12.1 Å². The van der Waals surface area contributed by atoms with E-state index in [0.29, 0.717) is 10.8 Å². The summed E-state index contributed by atoms with van der Waals surface area (Å²) in [6, 6.07) is 0. The van der Waals surface area contributed by atoms with Crippen LogP contribution in [-0.4, -0.2) is 21.2 Å². The van der Waals surface area contributed by atoms with Crippen LogP contribution in [-0.2, 0) is 16.6 Å². The van der Waals surface area contributed by atoms with Crippen molar-refractivity contribution in [1.82, 2.24) is 15.3 Å². The molecule has 2 aromatic heterocycles. The van der Waals surface area contributed by atoms with Gasteiger partial charge in [0, 0.05) is 10.8 Å². The van der Waals surface area contributed by atoms with Crippen LogP contribution in [0.3, 0.4) is 0 Å². The Kier molecular flexibility index (Phi) is 3.52. The maximum Gasteiger partial charge on any atom is 0.232 e. The second kappa shape index (κ2) is 4.96. The van der Waals surface area contributed by atoms with Gasteiger partial charge >= 0.3 is 0 Å². The van der Waals surface area contributed by atoms with Crippen molar-refractivity contribution in [3.8, 4) is 0 Å². The second-order valence-electron chi connectivity index (χ2n) is 5.11. The van der Waals surface area contributed by atoms with E-state index < -0.39 is 0 Å². The van der Waals surface area contributed by atoms with Gasteiger partial charge < -0.3 is 11.1 Å². The number of thiazole rings is 1. The number of hydrogen-bond donors (Lipinski definition) is 2. The highest BCUT2D eigenvalue weighted by Crippen LogP contribution is 2.26. The normalized spacial score (nSPS) is 11.5. The van der Waals surface area contributed by atoms with E-state index >= 15 is 0 Å². The predicted octanol–water partition coefficient (Wildman–Crippen LogP) is 1.59. The third-order valence-electron chi connectivity index (χ3n) is 2.43. The minimum atomic E-state index is -0.253. The Morgan fingerprint density at radius 3 is 2.74 bits per heavy atom. The van der Waals surface area contributed by atoms with Gasteiger partial charge in [-0.05, 0) is 5.16 Å². The summed E-state index contributed by atoms with van der Waals surface area (Å²) in [7, 11) is 0. The maximum atomic E-state index is 11.8. The minimum Gasteiger partial charge on any atom is -0.379 e. The van der Waals surface area contributed by atoms with Crippen LogP contribution >= 0.6 is 11.3 Å². The number of amides is 1. The Labute approximate surface area is 114 Å². The van der Waals surface area contributed by atoms with Gasteiger partial charge in [0.25, 0.3) is 0 Å². The number of aromatic nitrogens is 3. The molecule has 1 amide bonds. The van der Waals surface area contributed by atoms with Gasteiger partial charge in [-0.2, -0.15) is 0 Å². The first kappa shape index (κ1) is 13.5. The molecule has 19 heavy (non-hydrogen) atoms. The molecule has 0 aliphatic rings. The molecular weight excluding hydrogens is 266 g/mol. The van der Waals surface area contributed by atoms with Crippen LogP contribution in [0.5, 0.6) is 0 Å². The molecule has 102 valence electrons. The fourth-order valence-corrected chi connectivity index (χ4v) is 2.28. The molecular formula is C11H15N5O2S. The summed E-state index contributed by atoms with van der Waals surface area (Å²) in [4.78, 5) is 16.2. The van der Waals surface area contributed by atoms with Crippen LogP contribution in [0, 0.1) is 0 Å². The largest absolute Gasteiger partial charge is 0.379 e. The Hall–Kier alpha value is -1.96. The van der Waals surface area contributed by atoms with E-state index in [1.807, 2.05) is 5.38 Å². The van der Waals surface area contributed by atoms with E-state index in [2.05, 4.69) is 46.0 Å². The molecule has 0 aliphatic carbocycles. The summed E-state index contributed by atoms with van der Waals surface area (Å²) in [5, 5.41) is 12.2. The maximum absolute atomic E-state index is 11.8. The molecule has 7 nitrogen and oxygen atoms in total. The molecule has 0 unspecified atom stereocenters. The van der Waals surface area contributed by atoms with Gasteiger partial charge in [0.1, 0.15) is 5.69 Å². The highest BCUT2D eigenvalue weighted by Gasteiger charge is 2.19. The van der Waals surface area contributed by atoms with Crippen LogP contribution in [0.2, 0.25) is 0 Å². The van der Waals surface area contributed by atoms with E-state index in [9.17, 15) is 4.79 Å². The summed E-state index contributed by atoms with van der Waals surface area (Å²) in [6.07, 6.45) is 0.0137. The van der Waals surface area contributed by atoms with Crippen LogP contribution in [0.4, 0.5) is 10.9 Å². The van der Waals surface area contributed by atoms with Gasteiger partial charge in [-0.25, -0.2) is 9.61 Å². The topological polar surface area (TPSA) is 107 Å². The average Bonchev–Trinajstić information content (AvgIpc) is 2.88. The van der Waals surface area contributed by atoms with Crippen molar-refractivity contribution in [3.05, 3.63) is 16.8 Å². The van der Waals surface area contributed by atoms with Crippen LogP contribution in [0.15, 0.2) is 10.0 Å². The number of hydrogen-bond acceptors (Lipinski definition) is 7. The molecule has 0 fully saturated rings. The quantitative estimate of drug-likeness (QED) is 0.884. The number of nitrogens with zero attached hydrogens (tertiary/aromatic N) is 3. The summed E-state index contributed by atoms with van der Waals surface area (Å²) in [5.41, 5.74) is 6.71. The van der Waals surface area contributed by atoms with Gasteiger partial charge in [0.2, 0.25) is 5.91 Å². The van der Waals surface area contributed by atoms with Crippen LogP contribution < -0.4 is 11.1 Å². The molecule has 0 radical (unpaired) electrons. The highest BCUT2D eigenvalue weighted by atomic mass is 32.1. The molecule has 0 aliphatic heterocycles. The van der Waals surface area contributed by atoms with Crippen LogP contribution in [0.25, 0.3) is 0 Å². The lowest BCUT2D eigenvalue weighted by molar-refractivity contribution is -0.115. The fourth-order valence-electron chi connectivity index (χ4n) is 1.33. The van der Waals surface area contributed by atoms with E-state index in [0.717, 1.165) is 5.69 Å². The molecule has 0 saturated heterocycles. The first-order valence-electron chi connectivity index (χ1n) is 5.69. The van der Waals surface area contributed by atoms with E-state index in [-0.39, 0.29) is 23.6 Å². The van der Waals surface area contributed by atoms with Gasteiger partial charge in [0.15, 0.2) is 10.9 Å². The number of nitrogen functional groups attached to an aromatic ring is 1. The van der Waals surface area contributed by atoms with Crippen molar-refractivity contribution in [3.63, 3.8) is 0 Å². The zero-order valence-electron chi connectivity index (χ0n) is 10.9. The summed E-state index contributed by atoms with van der Waals surface area (Å²) in [5.74, 6) is -0.123. The molecule has 3 N–H and O–H groups in total. The number of nitrogens with two attached hydrogens (primary N) is 1. The molecule has 0 spiro atoms. The number of rotatable bonds is 3. The van der Waals surface area contributed by atoms with E-state index in [1.165, 1.54) is 11.3 Å². The number of carbonyl (C=O) groups is 1. The SMILES string of the molecule is CC(C)(C)c1csc(NC(=O)Cc2nonc2N)n1. The molecule has 0 atom stereocenters. The highest BCUT2D eigenvalue weighted by molar-refractivity contribution is 7.13. The van der Waals surface area contributed by atoms with Crippen molar-refractivity contribution < 1.29 is 9.42 Å². The smallest absolute Gasteiger partial charge is 0.232 e. The Balaban J connectivity index is 2.00. The minimum absolute atomic E-state index is 0.0137. The molecule has 2 rings (SSSR count). The van der Waals surface area contributed by atoms with Gasteiger partial charge in [-0.1, -0.05) is 25.9 Å². The van der Waals surface area contributed by atoms with Gasteiger partial charge in [-0.3, -0.25) is 4.79 Å². The molecule has 0 saturated carbocycles. The Morgan fingerprint density at radius 2 is 2.21 bits per heavy atom. The first-order chi connectivity index (χ1) is 8.86. The van der Waals surface area contributed by atoms with Gasteiger partial charge in [-0.15, -0.1) is 11.3 Å². The molecule has 0 aromatic carbocycles. The van der Waals surface area contributed by atoms with E-state index in [4.69, 9.17) is 5.73 Å². The first-order valence-corrected chi connectivity index (χ1v) is 6.57. The summed E-state index contributed by atoms with van der Waals surface area (Å²) >= 11 is 1.39. The lowest BCUT2D eigenvalue weighted by Crippen LogP contribution is -2.16. The number of carbonyl (C=O) groups excluding carboxylic acids is 1. The number of anilines is 2. The zero-order chi connectivity index (χ0) is 14.0. The molecule has 0 bridgehead atoms. The fraction of sp³-hybridized carbons (Fsp3) is 0.455. The second-order valence-corrected chi connectivity index (χ2v) is 5.97. The van der Waals surface area contributed by atoms with Crippen molar-refractivity contribution in [2.45, 2.75) is 32.6 Å². The predicted molar refractivity (Wildman–Crippen MR) is 71.9 cm³/mol. The van der Waals surface area contributed by atoms with E-state index in [1.54, 1.807) is 0 Å². The third kappa shape index (κ3) is 3.28. The lowest BCUT2D eigenvalue weighted by atomic mass is 9.93. The average molecular weight is 281 g/mol. The van der Waals surface area contributed by atoms with Crippen molar-refractivity contribution in [2.24, 2.45) is 0 Å². The lowest BCUT2D eigenvalue weighted by Gasteiger charge is -2.14. The van der Waals surface area contributed by atoms with Crippen molar-refractivity contribution >= 4 is 28.2 Å². The van der Waals surface area contributed by atoms with Crippen LogP contribution in [0.1, 0.15) is 32.2 Å². The molecule has 2 aromatic rings. The molecule has 8 heteroatoms. The third-order valence-corrected chi connectivity index (χ3v) is 3.19. The Morgan fingerprint density at radius 1 is 1.47 bits per heavy atom.